The summed E-state index contributed by atoms with van der Waals surface area (Å²) in [5.74, 6) is -0.367. The van der Waals surface area contributed by atoms with Crippen LogP contribution >= 0.6 is 0 Å². The van der Waals surface area contributed by atoms with Crippen LogP contribution in [-0.4, -0.2) is 37.7 Å². The number of aromatic nitrogens is 4. The van der Waals surface area contributed by atoms with E-state index in [0.717, 1.165) is 5.69 Å². The summed E-state index contributed by atoms with van der Waals surface area (Å²) in [6.07, 6.45) is 3.53. The number of nitriles is 1. The minimum absolute atomic E-state index is 0.0247. The summed E-state index contributed by atoms with van der Waals surface area (Å²) >= 11 is 0. The molecule has 1 amide bonds. The zero-order valence-corrected chi connectivity index (χ0v) is 13.6. The van der Waals surface area contributed by atoms with Gasteiger partial charge in [0.25, 0.3) is 5.89 Å². The summed E-state index contributed by atoms with van der Waals surface area (Å²) in [5.41, 5.74) is 1.15. The minimum Gasteiger partial charge on any atom is -0.505 e. The van der Waals surface area contributed by atoms with Crippen molar-refractivity contribution in [1.82, 2.24) is 25.4 Å². The highest BCUT2D eigenvalue weighted by atomic mass is 16.5. The topological polar surface area (TPSA) is 138 Å². The van der Waals surface area contributed by atoms with E-state index in [9.17, 15) is 9.90 Å². The molecule has 2 N–H and O–H groups in total. The fourth-order valence-corrected chi connectivity index (χ4v) is 2.18. The summed E-state index contributed by atoms with van der Waals surface area (Å²) in [6, 6.07) is 8.71. The molecule has 130 valence electrons. The fourth-order valence-electron chi connectivity index (χ4n) is 2.18. The molecular formula is C17H14N6O3. The molecule has 3 aromatic rings. The molecule has 0 radical (unpaired) electrons. The van der Waals surface area contributed by atoms with Gasteiger partial charge in [0.1, 0.15) is 11.8 Å². The molecule has 3 heterocycles. The standard InChI is InChI=1S/C17H14N6O3/c18-9-11-7-13(24)16(21-10-11)17-22-14(23-26-17)8-15(25)20-6-4-12-3-1-2-5-19-12/h1-3,5,7,10,24H,4,6,8H2,(H,20,25). The van der Waals surface area contributed by atoms with Crippen molar-refractivity contribution in [2.45, 2.75) is 12.8 Å². The summed E-state index contributed by atoms with van der Waals surface area (Å²) in [7, 11) is 0. The van der Waals surface area contributed by atoms with E-state index in [4.69, 9.17) is 9.78 Å². The Kier molecular flexibility index (Phi) is 5.14. The van der Waals surface area contributed by atoms with Crippen LogP contribution in [0.3, 0.4) is 0 Å². The highest BCUT2D eigenvalue weighted by Crippen LogP contribution is 2.25. The maximum absolute atomic E-state index is 11.9. The number of rotatable bonds is 6. The van der Waals surface area contributed by atoms with Crippen molar-refractivity contribution in [2.24, 2.45) is 0 Å². The first kappa shape index (κ1) is 17.0. The third-order valence-corrected chi connectivity index (χ3v) is 3.42. The number of carbonyl (C=O) groups excluding carboxylic acids is 1. The molecule has 9 nitrogen and oxygen atoms in total. The molecule has 0 saturated heterocycles. The lowest BCUT2D eigenvalue weighted by molar-refractivity contribution is -0.120. The smallest absolute Gasteiger partial charge is 0.280 e. The van der Waals surface area contributed by atoms with E-state index in [1.54, 1.807) is 6.20 Å². The fraction of sp³-hybridized carbons (Fsp3) is 0.176. The van der Waals surface area contributed by atoms with Gasteiger partial charge in [-0.25, -0.2) is 4.98 Å². The SMILES string of the molecule is N#Cc1cnc(-c2nc(CC(=O)NCCc3ccccn3)no2)c(O)c1. The molecule has 3 rings (SSSR count). The molecule has 0 bridgehead atoms. The van der Waals surface area contributed by atoms with Crippen LogP contribution in [0.15, 0.2) is 41.2 Å². The van der Waals surface area contributed by atoms with Gasteiger partial charge in [-0.1, -0.05) is 11.2 Å². The molecule has 0 unspecified atom stereocenters. The van der Waals surface area contributed by atoms with Crippen molar-refractivity contribution in [3.63, 3.8) is 0 Å². The van der Waals surface area contributed by atoms with Crippen molar-refractivity contribution in [2.75, 3.05) is 6.54 Å². The molecule has 0 aliphatic heterocycles. The number of amides is 1. The first-order valence-corrected chi connectivity index (χ1v) is 7.74. The first-order valence-electron chi connectivity index (χ1n) is 7.74. The predicted octanol–water partition coefficient (Wildman–Crippen LogP) is 1.01. The third kappa shape index (κ3) is 4.18. The Morgan fingerprint density at radius 2 is 2.23 bits per heavy atom. The lowest BCUT2D eigenvalue weighted by atomic mass is 10.2. The quantitative estimate of drug-likeness (QED) is 0.671. The number of pyridine rings is 2. The molecule has 3 aromatic heterocycles. The molecule has 9 heteroatoms. The molecule has 0 spiro atoms. The van der Waals surface area contributed by atoms with Crippen molar-refractivity contribution in [3.8, 4) is 23.4 Å². The minimum atomic E-state index is -0.259. The number of aromatic hydroxyl groups is 1. The molecule has 0 saturated carbocycles. The first-order chi connectivity index (χ1) is 12.7. The predicted molar refractivity (Wildman–Crippen MR) is 88.6 cm³/mol. The monoisotopic (exact) mass is 350 g/mol. The normalized spacial score (nSPS) is 10.3. The average Bonchev–Trinajstić information content (AvgIpc) is 3.10. The van der Waals surface area contributed by atoms with E-state index in [1.165, 1.54) is 12.3 Å². The molecule has 0 aliphatic carbocycles. The van der Waals surface area contributed by atoms with Crippen LogP contribution in [0.4, 0.5) is 0 Å². The van der Waals surface area contributed by atoms with E-state index in [-0.39, 0.29) is 41.1 Å². The molecule has 0 aromatic carbocycles. The Balaban J connectivity index is 1.56. The van der Waals surface area contributed by atoms with Crippen LogP contribution < -0.4 is 5.32 Å². The average molecular weight is 350 g/mol. The van der Waals surface area contributed by atoms with Crippen LogP contribution in [0.1, 0.15) is 17.1 Å². The van der Waals surface area contributed by atoms with Gasteiger partial charge >= 0.3 is 0 Å². The highest BCUT2D eigenvalue weighted by Gasteiger charge is 2.16. The summed E-state index contributed by atoms with van der Waals surface area (Å²) < 4.78 is 5.02. The van der Waals surface area contributed by atoms with Crippen LogP contribution in [0.2, 0.25) is 0 Å². The second-order valence-corrected chi connectivity index (χ2v) is 5.32. The molecule has 0 atom stereocenters. The van der Waals surface area contributed by atoms with E-state index in [2.05, 4.69) is 25.4 Å². The Labute approximate surface area is 148 Å². The van der Waals surface area contributed by atoms with Gasteiger partial charge in [0.2, 0.25) is 5.91 Å². The molecule has 26 heavy (non-hydrogen) atoms. The lowest BCUT2D eigenvalue weighted by Gasteiger charge is -2.02. The maximum Gasteiger partial charge on any atom is 0.280 e. The Morgan fingerprint density at radius 1 is 1.35 bits per heavy atom. The van der Waals surface area contributed by atoms with Crippen molar-refractivity contribution < 1.29 is 14.4 Å². The van der Waals surface area contributed by atoms with Crippen LogP contribution in [0.25, 0.3) is 11.6 Å². The Bertz CT molecular complexity index is 949. The Morgan fingerprint density at radius 3 is 2.96 bits per heavy atom. The van der Waals surface area contributed by atoms with Crippen LogP contribution in [-0.2, 0) is 17.6 Å². The van der Waals surface area contributed by atoms with Crippen LogP contribution in [0.5, 0.6) is 5.75 Å². The zero-order chi connectivity index (χ0) is 18.4. The van der Waals surface area contributed by atoms with E-state index < -0.39 is 0 Å². The third-order valence-electron chi connectivity index (χ3n) is 3.42. The molecule has 0 aliphatic rings. The largest absolute Gasteiger partial charge is 0.505 e. The zero-order valence-electron chi connectivity index (χ0n) is 13.6. The van der Waals surface area contributed by atoms with E-state index >= 15 is 0 Å². The number of carbonyl (C=O) groups is 1. The number of nitrogens with zero attached hydrogens (tertiary/aromatic N) is 5. The summed E-state index contributed by atoms with van der Waals surface area (Å²) in [6.45, 7) is 0.443. The van der Waals surface area contributed by atoms with Gasteiger partial charge in [-0.3, -0.25) is 9.78 Å². The number of hydrogen-bond donors (Lipinski definition) is 2. The van der Waals surface area contributed by atoms with Gasteiger partial charge in [0, 0.05) is 37.1 Å². The van der Waals surface area contributed by atoms with Crippen molar-refractivity contribution >= 4 is 5.91 Å². The maximum atomic E-state index is 11.9. The second-order valence-electron chi connectivity index (χ2n) is 5.32. The summed E-state index contributed by atoms with van der Waals surface area (Å²) in [4.78, 5) is 24.1. The van der Waals surface area contributed by atoms with Crippen molar-refractivity contribution in [3.05, 3.63) is 53.7 Å². The summed E-state index contributed by atoms with van der Waals surface area (Å²) in [5, 5.41) is 25.1. The Hall–Kier alpha value is -3.80. The van der Waals surface area contributed by atoms with Gasteiger partial charge in [0.15, 0.2) is 11.5 Å². The number of nitrogens with one attached hydrogen (secondary N) is 1. The second kappa shape index (κ2) is 7.85. The van der Waals surface area contributed by atoms with Gasteiger partial charge in [-0.05, 0) is 12.1 Å². The lowest BCUT2D eigenvalue weighted by Crippen LogP contribution is -2.27. The van der Waals surface area contributed by atoms with Gasteiger partial charge < -0.3 is 14.9 Å². The van der Waals surface area contributed by atoms with E-state index in [0.29, 0.717) is 13.0 Å². The van der Waals surface area contributed by atoms with Crippen molar-refractivity contribution in [1.29, 1.82) is 5.26 Å². The molecule has 0 fully saturated rings. The van der Waals surface area contributed by atoms with Gasteiger partial charge in [-0.2, -0.15) is 10.2 Å². The molecular weight excluding hydrogens is 336 g/mol. The van der Waals surface area contributed by atoms with Crippen LogP contribution in [0, 0.1) is 11.3 Å². The van der Waals surface area contributed by atoms with E-state index in [1.807, 2.05) is 24.3 Å². The van der Waals surface area contributed by atoms with Gasteiger partial charge in [0.05, 0.1) is 12.0 Å². The van der Waals surface area contributed by atoms with Gasteiger partial charge in [-0.15, -0.1) is 0 Å². The highest BCUT2D eigenvalue weighted by molar-refractivity contribution is 5.77. The number of hydrogen-bond acceptors (Lipinski definition) is 8.